The van der Waals surface area contributed by atoms with Gasteiger partial charge in [-0.3, -0.25) is 9.59 Å². The summed E-state index contributed by atoms with van der Waals surface area (Å²) in [6.07, 6.45) is 4.79. The maximum Gasteiger partial charge on any atom is 0.255 e. The molecule has 6 nitrogen and oxygen atoms in total. The first-order chi connectivity index (χ1) is 10.5. The molecule has 1 saturated carbocycles. The fourth-order valence-corrected chi connectivity index (χ4v) is 2.73. The van der Waals surface area contributed by atoms with Crippen molar-refractivity contribution in [3.8, 4) is 5.75 Å². The van der Waals surface area contributed by atoms with Crippen LogP contribution in [0, 0.1) is 5.92 Å². The van der Waals surface area contributed by atoms with E-state index >= 15 is 0 Å². The molecule has 1 aromatic carbocycles. The van der Waals surface area contributed by atoms with Crippen molar-refractivity contribution in [2.24, 2.45) is 17.4 Å². The zero-order valence-electron chi connectivity index (χ0n) is 13.0. The van der Waals surface area contributed by atoms with Crippen molar-refractivity contribution >= 4 is 29.9 Å². The summed E-state index contributed by atoms with van der Waals surface area (Å²) in [5, 5.41) is 2.86. The monoisotopic (exact) mass is 341 g/mol. The lowest BCUT2D eigenvalue weighted by molar-refractivity contribution is -0.120. The SMILES string of the molecule is Cl.NC(=O)COc1ccc(NC(=O)CC2CCCCC2N)cc1. The first-order valence-electron chi connectivity index (χ1n) is 7.61. The van der Waals surface area contributed by atoms with Crippen molar-refractivity contribution in [2.45, 2.75) is 38.1 Å². The van der Waals surface area contributed by atoms with E-state index in [0.29, 0.717) is 17.9 Å². The van der Waals surface area contributed by atoms with Crippen LogP contribution in [0.1, 0.15) is 32.1 Å². The van der Waals surface area contributed by atoms with Crippen molar-refractivity contribution in [3.63, 3.8) is 0 Å². The molecule has 0 aromatic heterocycles. The molecule has 2 rings (SSSR count). The van der Waals surface area contributed by atoms with E-state index in [1.165, 1.54) is 0 Å². The Morgan fingerprint density at radius 1 is 1.17 bits per heavy atom. The summed E-state index contributed by atoms with van der Waals surface area (Å²) < 4.78 is 5.16. The average molecular weight is 342 g/mol. The third kappa shape index (κ3) is 6.46. The fourth-order valence-electron chi connectivity index (χ4n) is 2.73. The lowest BCUT2D eigenvalue weighted by atomic mass is 9.83. The molecule has 1 aliphatic carbocycles. The fraction of sp³-hybridized carbons (Fsp3) is 0.500. The molecular formula is C16H24ClN3O3. The highest BCUT2D eigenvalue weighted by atomic mass is 35.5. The van der Waals surface area contributed by atoms with E-state index in [4.69, 9.17) is 16.2 Å². The number of rotatable bonds is 6. The van der Waals surface area contributed by atoms with Gasteiger partial charge in [0, 0.05) is 18.2 Å². The second-order valence-corrected chi connectivity index (χ2v) is 5.74. The van der Waals surface area contributed by atoms with E-state index in [0.717, 1.165) is 25.7 Å². The van der Waals surface area contributed by atoms with Gasteiger partial charge in [0.1, 0.15) is 5.75 Å². The second-order valence-electron chi connectivity index (χ2n) is 5.74. The third-order valence-electron chi connectivity index (χ3n) is 3.93. The predicted molar refractivity (Wildman–Crippen MR) is 91.6 cm³/mol. The summed E-state index contributed by atoms with van der Waals surface area (Å²) in [7, 11) is 0. The van der Waals surface area contributed by atoms with Gasteiger partial charge in [-0.2, -0.15) is 0 Å². The number of hydrogen-bond donors (Lipinski definition) is 3. The Kier molecular flexibility index (Phi) is 7.85. The standard InChI is InChI=1S/C16H23N3O3.ClH/c17-14-4-2-1-3-11(14)9-16(21)19-12-5-7-13(8-6-12)22-10-15(18)20;/h5-8,11,14H,1-4,9-10,17H2,(H2,18,20)(H,19,21);1H. The van der Waals surface area contributed by atoms with Crippen LogP contribution in [0.4, 0.5) is 5.69 Å². The van der Waals surface area contributed by atoms with Crippen LogP contribution in [0.25, 0.3) is 0 Å². The predicted octanol–water partition coefficient (Wildman–Crippen LogP) is 1.82. The molecule has 1 aromatic rings. The van der Waals surface area contributed by atoms with E-state index in [-0.39, 0.29) is 36.9 Å². The quantitative estimate of drug-likeness (QED) is 0.733. The highest BCUT2D eigenvalue weighted by Crippen LogP contribution is 2.26. The lowest BCUT2D eigenvalue weighted by Crippen LogP contribution is -2.35. The summed E-state index contributed by atoms with van der Waals surface area (Å²) in [6.45, 7) is -0.161. The van der Waals surface area contributed by atoms with E-state index in [9.17, 15) is 9.59 Å². The van der Waals surface area contributed by atoms with Crippen molar-refractivity contribution in [3.05, 3.63) is 24.3 Å². The zero-order chi connectivity index (χ0) is 15.9. The molecule has 0 heterocycles. The Morgan fingerprint density at radius 2 is 1.83 bits per heavy atom. The van der Waals surface area contributed by atoms with Crippen LogP contribution in [0.5, 0.6) is 5.75 Å². The Labute approximate surface area is 142 Å². The number of anilines is 1. The number of halogens is 1. The van der Waals surface area contributed by atoms with Crippen molar-refractivity contribution < 1.29 is 14.3 Å². The van der Waals surface area contributed by atoms with E-state index in [2.05, 4.69) is 5.32 Å². The minimum atomic E-state index is -0.527. The summed E-state index contributed by atoms with van der Waals surface area (Å²) >= 11 is 0. The summed E-state index contributed by atoms with van der Waals surface area (Å²) in [6, 6.07) is 6.96. The molecular weight excluding hydrogens is 318 g/mol. The molecule has 0 aliphatic heterocycles. The Bertz CT molecular complexity index is 522. The first kappa shape index (κ1) is 19.3. The number of amides is 2. The summed E-state index contributed by atoms with van der Waals surface area (Å²) in [4.78, 5) is 22.7. The van der Waals surface area contributed by atoms with Crippen LogP contribution >= 0.6 is 12.4 Å². The highest BCUT2D eigenvalue weighted by molar-refractivity contribution is 5.91. The van der Waals surface area contributed by atoms with E-state index in [1.54, 1.807) is 24.3 Å². The number of ether oxygens (including phenoxy) is 1. The van der Waals surface area contributed by atoms with Crippen LogP contribution in [-0.2, 0) is 9.59 Å². The molecule has 7 heteroatoms. The van der Waals surface area contributed by atoms with Crippen LogP contribution in [0.3, 0.4) is 0 Å². The summed E-state index contributed by atoms with van der Waals surface area (Å²) in [5.41, 5.74) is 11.8. The minimum absolute atomic E-state index is 0. The van der Waals surface area contributed by atoms with Gasteiger partial charge in [-0.05, 0) is 43.0 Å². The first-order valence-corrected chi connectivity index (χ1v) is 7.61. The number of primary amides is 1. The second kappa shape index (κ2) is 9.37. The molecule has 1 aliphatic rings. The molecule has 5 N–H and O–H groups in total. The third-order valence-corrected chi connectivity index (χ3v) is 3.93. The Hall–Kier alpha value is -1.79. The van der Waals surface area contributed by atoms with E-state index < -0.39 is 5.91 Å². The number of nitrogens with one attached hydrogen (secondary N) is 1. The molecule has 0 radical (unpaired) electrons. The maximum absolute atomic E-state index is 12.1. The smallest absolute Gasteiger partial charge is 0.255 e. The maximum atomic E-state index is 12.1. The Balaban J connectivity index is 0.00000264. The summed E-state index contributed by atoms with van der Waals surface area (Å²) in [5.74, 6) is 0.257. The van der Waals surface area contributed by atoms with Gasteiger partial charge in [-0.1, -0.05) is 12.8 Å². The van der Waals surface area contributed by atoms with Gasteiger partial charge in [0.05, 0.1) is 0 Å². The van der Waals surface area contributed by atoms with E-state index in [1.807, 2.05) is 0 Å². The van der Waals surface area contributed by atoms with Gasteiger partial charge < -0.3 is 21.5 Å². The normalized spacial score (nSPS) is 20.2. The van der Waals surface area contributed by atoms with Gasteiger partial charge >= 0.3 is 0 Å². The van der Waals surface area contributed by atoms with Crippen LogP contribution in [-0.4, -0.2) is 24.5 Å². The van der Waals surface area contributed by atoms with Gasteiger partial charge in [0.2, 0.25) is 5.91 Å². The number of carbonyl (C=O) groups is 2. The highest BCUT2D eigenvalue weighted by Gasteiger charge is 2.24. The molecule has 0 spiro atoms. The molecule has 0 saturated heterocycles. The van der Waals surface area contributed by atoms with Gasteiger partial charge in [0.15, 0.2) is 6.61 Å². The molecule has 2 amide bonds. The van der Waals surface area contributed by atoms with Crippen molar-refractivity contribution in [1.29, 1.82) is 0 Å². The van der Waals surface area contributed by atoms with Gasteiger partial charge in [-0.15, -0.1) is 12.4 Å². The van der Waals surface area contributed by atoms with Crippen molar-refractivity contribution in [1.82, 2.24) is 0 Å². The average Bonchev–Trinajstić information content (AvgIpc) is 2.49. The minimum Gasteiger partial charge on any atom is -0.484 e. The number of carbonyl (C=O) groups excluding carboxylic acids is 2. The topological polar surface area (TPSA) is 107 Å². The molecule has 128 valence electrons. The zero-order valence-corrected chi connectivity index (χ0v) is 13.8. The van der Waals surface area contributed by atoms with Gasteiger partial charge in [0.25, 0.3) is 5.91 Å². The number of nitrogens with two attached hydrogens (primary N) is 2. The number of hydrogen-bond acceptors (Lipinski definition) is 4. The molecule has 2 atom stereocenters. The lowest BCUT2D eigenvalue weighted by Gasteiger charge is -2.27. The molecule has 2 unspecified atom stereocenters. The number of benzene rings is 1. The molecule has 23 heavy (non-hydrogen) atoms. The van der Waals surface area contributed by atoms with Gasteiger partial charge in [-0.25, -0.2) is 0 Å². The molecule has 0 bridgehead atoms. The van der Waals surface area contributed by atoms with Crippen molar-refractivity contribution in [2.75, 3.05) is 11.9 Å². The van der Waals surface area contributed by atoms with Crippen LogP contribution in [0.15, 0.2) is 24.3 Å². The van der Waals surface area contributed by atoms with Crippen LogP contribution < -0.4 is 21.5 Å². The largest absolute Gasteiger partial charge is 0.484 e. The van der Waals surface area contributed by atoms with Crippen LogP contribution in [0.2, 0.25) is 0 Å². The Morgan fingerprint density at radius 3 is 2.43 bits per heavy atom. The molecule has 1 fully saturated rings.